The predicted molar refractivity (Wildman–Crippen MR) is 78.3 cm³/mol. The van der Waals surface area contributed by atoms with Gasteiger partial charge in [0, 0.05) is 10.2 Å². The van der Waals surface area contributed by atoms with E-state index < -0.39 is 4.92 Å². The van der Waals surface area contributed by atoms with Gasteiger partial charge in [0.05, 0.1) is 22.1 Å². The molecule has 0 aliphatic heterocycles. The number of hydrogen-bond donors (Lipinski definition) is 1. The Bertz CT molecular complexity index is 652. The molecular formula is C11H6BrCl2N3O2. The van der Waals surface area contributed by atoms with Gasteiger partial charge in [-0.05, 0) is 34.1 Å². The third-order valence-electron chi connectivity index (χ3n) is 2.18. The second kappa shape index (κ2) is 5.73. The molecule has 0 fully saturated rings. The molecule has 8 heteroatoms. The lowest BCUT2D eigenvalue weighted by atomic mass is 10.3. The summed E-state index contributed by atoms with van der Waals surface area (Å²) in [5.41, 5.74) is 0.552. The summed E-state index contributed by atoms with van der Waals surface area (Å²) in [5.74, 6) is 0.286. The van der Waals surface area contributed by atoms with Gasteiger partial charge in [0.15, 0.2) is 0 Å². The van der Waals surface area contributed by atoms with E-state index in [1.807, 2.05) is 0 Å². The summed E-state index contributed by atoms with van der Waals surface area (Å²) in [7, 11) is 0. The molecule has 0 saturated carbocycles. The molecule has 0 atom stereocenters. The molecule has 2 aromatic rings. The largest absolute Gasteiger partial charge is 0.340 e. The Hall–Kier alpha value is -1.37. The number of halogens is 3. The molecule has 1 aromatic carbocycles. The van der Waals surface area contributed by atoms with Gasteiger partial charge in [-0.3, -0.25) is 10.1 Å². The van der Waals surface area contributed by atoms with E-state index in [0.29, 0.717) is 15.2 Å². The Balaban J connectivity index is 2.32. The number of pyridine rings is 1. The highest BCUT2D eigenvalue weighted by atomic mass is 79.9. The van der Waals surface area contributed by atoms with E-state index >= 15 is 0 Å². The summed E-state index contributed by atoms with van der Waals surface area (Å²) in [6.07, 6.45) is 0. The Kier molecular flexibility index (Phi) is 4.24. The molecule has 0 spiro atoms. The van der Waals surface area contributed by atoms with Crippen molar-refractivity contribution in [2.24, 2.45) is 0 Å². The fourth-order valence-electron chi connectivity index (χ4n) is 1.37. The molecule has 1 heterocycles. The third-order valence-corrected chi connectivity index (χ3v) is 3.59. The van der Waals surface area contributed by atoms with Crippen LogP contribution < -0.4 is 5.32 Å². The first-order chi connectivity index (χ1) is 8.95. The topological polar surface area (TPSA) is 68.1 Å². The van der Waals surface area contributed by atoms with E-state index in [-0.39, 0.29) is 16.7 Å². The van der Waals surface area contributed by atoms with Crippen molar-refractivity contribution in [1.29, 1.82) is 0 Å². The number of rotatable bonds is 3. The van der Waals surface area contributed by atoms with Gasteiger partial charge in [0.1, 0.15) is 11.0 Å². The van der Waals surface area contributed by atoms with Crippen molar-refractivity contribution in [2.45, 2.75) is 0 Å². The van der Waals surface area contributed by atoms with Gasteiger partial charge < -0.3 is 5.32 Å². The van der Waals surface area contributed by atoms with E-state index in [2.05, 4.69) is 26.2 Å². The summed E-state index contributed by atoms with van der Waals surface area (Å²) in [4.78, 5) is 14.2. The monoisotopic (exact) mass is 361 g/mol. The van der Waals surface area contributed by atoms with Crippen molar-refractivity contribution in [3.05, 3.63) is 55.1 Å². The fraction of sp³-hybridized carbons (Fsp3) is 0. The van der Waals surface area contributed by atoms with Crippen LogP contribution in [0.25, 0.3) is 0 Å². The van der Waals surface area contributed by atoms with Gasteiger partial charge in [-0.25, -0.2) is 4.98 Å². The van der Waals surface area contributed by atoms with Crippen molar-refractivity contribution in [3.63, 3.8) is 0 Å². The number of aromatic nitrogens is 1. The SMILES string of the molecule is O=[N+]([O-])c1cc(Cl)nc(Nc2ccc(Cl)c(Br)c2)c1. The van der Waals surface area contributed by atoms with Crippen LogP contribution in [0.5, 0.6) is 0 Å². The minimum absolute atomic E-state index is 0.0460. The zero-order valence-electron chi connectivity index (χ0n) is 9.23. The molecule has 1 aromatic heterocycles. The molecule has 2 rings (SSSR count). The molecule has 5 nitrogen and oxygen atoms in total. The van der Waals surface area contributed by atoms with Crippen LogP contribution in [-0.2, 0) is 0 Å². The van der Waals surface area contributed by atoms with Gasteiger partial charge >= 0.3 is 0 Å². The Morgan fingerprint density at radius 1 is 1.26 bits per heavy atom. The zero-order chi connectivity index (χ0) is 14.0. The van der Waals surface area contributed by atoms with Gasteiger partial charge in [-0.15, -0.1) is 0 Å². The number of benzene rings is 1. The van der Waals surface area contributed by atoms with E-state index in [0.717, 1.165) is 0 Å². The van der Waals surface area contributed by atoms with Crippen LogP contribution in [0.2, 0.25) is 10.2 Å². The summed E-state index contributed by atoms with van der Waals surface area (Å²) >= 11 is 14.9. The first-order valence-corrected chi connectivity index (χ1v) is 6.54. The normalized spacial score (nSPS) is 10.3. The first-order valence-electron chi connectivity index (χ1n) is 5.00. The average molecular weight is 363 g/mol. The molecule has 19 heavy (non-hydrogen) atoms. The highest BCUT2D eigenvalue weighted by molar-refractivity contribution is 9.10. The van der Waals surface area contributed by atoms with E-state index in [1.54, 1.807) is 18.2 Å². The highest BCUT2D eigenvalue weighted by Gasteiger charge is 2.10. The van der Waals surface area contributed by atoms with E-state index in [4.69, 9.17) is 23.2 Å². The molecule has 0 unspecified atom stereocenters. The predicted octanol–water partition coefficient (Wildman–Crippen LogP) is 4.80. The minimum atomic E-state index is -0.531. The maximum atomic E-state index is 10.7. The summed E-state index contributed by atoms with van der Waals surface area (Å²) in [6, 6.07) is 7.63. The highest BCUT2D eigenvalue weighted by Crippen LogP contribution is 2.28. The maximum Gasteiger partial charge on any atom is 0.276 e. The molecule has 0 aliphatic rings. The number of nitrogens with one attached hydrogen (secondary N) is 1. The molecular weight excluding hydrogens is 357 g/mol. The maximum absolute atomic E-state index is 10.7. The standard InChI is InChI=1S/C11H6BrCl2N3O2/c12-8-3-6(1-2-9(8)13)15-11-5-7(17(18)19)4-10(14)16-11/h1-5H,(H,15,16). The molecule has 0 bridgehead atoms. The number of nitro groups is 1. The van der Waals surface area contributed by atoms with Crippen LogP contribution >= 0.6 is 39.1 Å². The number of anilines is 2. The molecule has 0 saturated heterocycles. The Morgan fingerprint density at radius 2 is 2.00 bits per heavy atom. The van der Waals surface area contributed by atoms with Crippen LogP contribution in [0, 0.1) is 10.1 Å². The van der Waals surface area contributed by atoms with Crippen LogP contribution in [0.15, 0.2) is 34.8 Å². The molecule has 98 valence electrons. The quantitative estimate of drug-likeness (QED) is 0.483. The van der Waals surface area contributed by atoms with Crippen LogP contribution in [0.3, 0.4) is 0 Å². The fourth-order valence-corrected chi connectivity index (χ4v) is 2.07. The van der Waals surface area contributed by atoms with Gasteiger partial charge in [-0.2, -0.15) is 0 Å². The van der Waals surface area contributed by atoms with Crippen molar-refractivity contribution >= 4 is 56.3 Å². The second-order valence-electron chi connectivity index (χ2n) is 3.54. The Morgan fingerprint density at radius 3 is 2.63 bits per heavy atom. The molecule has 1 N–H and O–H groups in total. The van der Waals surface area contributed by atoms with Crippen molar-refractivity contribution < 1.29 is 4.92 Å². The van der Waals surface area contributed by atoms with Crippen LogP contribution in [0.4, 0.5) is 17.2 Å². The first kappa shape index (κ1) is 14.0. The van der Waals surface area contributed by atoms with E-state index in [1.165, 1.54) is 12.1 Å². The van der Waals surface area contributed by atoms with Gasteiger partial charge in [0.25, 0.3) is 5.69 Å². The Labute approximate surface area is 126 Å². The molecule has 0 radical (unpaired) electrons. The van der Waals surface area contributed by atoms with Crippen LogP contribution in [-0.4, -0.2) is 9.91 Å². The smallest absolute Gasteiger partial charge is 0.276 e. The lowest BCUT2D eigenvalue weighted by molar-refractivity contribution is -0.384. The summed E-state index contributed by atoms with van der Waals surface area (Å²) < 4.78 is 0.704. The zero-order valence-corrected chi connectivity index (χ0v) is 12.3. The van der Waals surface area contributed by atoms with Gasteiger partial charge in [-0.1, -0.05) is 23.2 Å². The lowest BCUT2D eigenvalue weighted by Crippen LogP contribution is -1.96. The van der Waals surface area contributed by atoms with Crippen molar-refractivity contribution in [1.82, 2.24) is 4.98 Å². The van der Waals surface area contributed by atoms with Crippen molar-refractivity contribution in [2.75, 3.05) is 5.32 Å². The van der Waals surface area contributed by atoms with Crippen molar-refractivity contribution in [3.8, 4) is 0 Å². The molecule has 0 aliphatic carbocycles. The number of nitrogens with zero attached hydrogens (tertiary/aromatic N) is 2. The third kappa shape index (κ3) is 3.56. The second-order valence-corrected chi connectivity index (χ2v) is 5.19. The lowest BCUT2D eigenvalue weighted by Gasteiger charge is -2.07. The van der Waals surface area contributed by atoms with Gasteiger partial charge in [0.2, 0.25) is 0 Å². The summed E-state index contributed by atoms with van der Waals surface area (Å²) in [6.45, 7) is 0. The molecule has 0 amide bonds. The summed E-state index contributed by atoms with van der Waals surface area (Å²) in [5, 5.41) is 14.3. The minimum Gasteiger partial charge on any atom is -0.340 e. The van der Waals surface area contributed by atoms with E-state index in [9.17, 15) is 10.1 Å². The number of hydrogen-bond acceptors (Lipinski definition) is 4. The average Bonchev–Trinajstić information content (AvgIpc) is 2.33. The van der Waals surface area contributed by atoms with Crippen LogP contribution in [0.1, 0.15) is 0 Å².